The van der Waals surface area contributed by atoms with Crippen molar-refractivity contribution >= 4 is 27.7 Å². The van der Waals surface area contributed by atoms with E-state index in [-0.39, 0.29) is 17.8 Å². The summed E-state index contributed by atoms with van der Waals surface area (Å²) < 4.78 is 17.2. The van der Waals surface area contributed by atoms with Gasteiger partial charge in [-0.1, -0.05) is 20.4 Å². The van der Waals surface area contributed by atoms with Crippen molar-refractivity contribution in [2.45, 2.75) is 39.5 Å². The molecule has 2 unspecified atom stereocenters. The minimum Gasteiger partial charge on any atom is -0.496 e. The molecule has 3 rings (SSSR count). The van der Waals surface area contributed by atoms with Gasteiger partial charge < -0.3 is 19.5 Å². The number of ether oxygens (including phenoxy) is 3. The number of rotatable bonds is 5. The van der Waals surface area contributed by atoms with Crippen LogP contribution in [-0.4, -0.2) is 32.6 Å². The van der Waals surface area contributed by atoms with Crippen LogP contribution in [0.25, 0.3) is 0 Å². The summed E-state index contributed by atoms with van der Waals surface area (Å²) in [7, 11) is 3.13. The third kappa shape index (κ3) is 4.00. The van der Waals surface area contributed by atoms with Crippen LogP contribution in [0.4, 0.5) is 0 Å². The van der Waals surface area contributed by atoms with Crippen molar-refractivity contribution in [3.63, 3.8) is 0 Å². The Labute approximate surface area is 185 Å². The second kappa shape index (κ2) is 8.46. The smallest absolute Gasteiger partial charge is 0.315 e. The van der Waals surface area contributed by atoms with E-state index in [1.165, 1.54) is 0 Å². The number of carbonyl (C=O) groups is 2. The van der Waals surface area contributed by atoms with Gasteiger partial charge in [-0.3, -0.25) is 9.59 Å². The third-order valence-corrected chi connectivity index (χ3v) is 6.25. The Bertz CT molecular complexity index is 934. The van der Waals surface area contributed by atoms with Gasteiger partial charge in [0, 0.05) is 34.9 Å². The van der Waals surface area contributed by atoms with Gasteiger partial charge in [0.05, 0.1) is 25.3 Å². The number of esters is 1. The summed E-state index contributed by atoms with van der Waals surface area (Å²) in [5, 5.41) is 3.25. The van der Waals surface area contributed by atoms with Crippen molar-refractivity contribution in [1.29, 1.82) is 0 Å². The maximum Gasteiger partial charge on any atom is 0.315 e. The summed E-state index contributed by atoms with van der Waals surface area (Å²) in [5.74, 6) is -0.593. The Morgan fingerprint density at radius 1 is 1.23 bits per heavy atom. The lowest BCUT2D eigenvalue weighted by atomic mass is 9.66. The lowest BCUT2D eigenvalue weighted by molar-refractivity contribution is -0.147. The van der Waals surface area contributed by atoms with Crippen molar-refractivity contribution in [2.24, 2.45) is 11.3 Å². The quantitative estimate of drug-likeness (QED) is 0.629. The first-order valence-corrected chi connectivity index (χ1v) is 10.7. The number of hydrogen-bond acceptors (Lipinski definition) is 6. The summed E-state index contributed by atoms with van der Waals surface area (Å²) in [6.45, 7) is 10.2. The Hall–Kier alpha value is -2.28. The van der Waals surface area contributed by atoms with Crippen molar-refractivity contribution in [3.05, 3.63) is 45.7 Å². The molecule has 0 amide bonds. The number of ketones is 1. The Morgan fingerprint density at radius 2 is 1.90 bits per heavy atom. The van der Waals surface area contributed by atoms with Crippen molar-refractivity contribution in [3.8, 4) is 11.5 Å². The standard InChI is InChI=1S/C23H28BrNO5/c1-7-30-22(27)19-12(2)25-15-10-23(3,4)11-16(26)21(15)20(19)13-8-18(29-6)14(24)9-17(13)28-5/h8-9,19-20,25H,2,7,10-11H2,1,3-6H3. The zero-order valence-corrected chi connectivity index (χ0v) is 19.6. The highest BCUT2D eigenvalue weighted by atomic mass is 79.9. The van der Waals surface area contributed by atoms with Gasteiger partial charge in [-0.2, -0.15) is 0 Å². The third-order valence-electron chi connectivity index (χ3n) is 5.63. The van der Waals surface area contributed by atoms with E-state index in [1.54, 1.807) is 27.2 Å². The minimum absolute atomic E-state index is 0.0180. The maximum absolute atomic E-state index is 13.3. The molecule has 30 heavy (non-hydrogen) atoms. The molecule has 1 aromatic rings. The molecule has 0 aromatic heterocycles. The summed E-state index contributed by atoms with van der Waals surface area (Å²) in [5.41, 5.74) is 2.45. The first-order valence-electron chi connectivity index (χ1n) is 9.93. The van der Waals surface area contributed by atoms with E-state index in [2.05, 4.69) is 41.7 Å². The SMILES string of the molecule is C=C1NC2=C(C(=O)CC(C)(C)C2)C(c2cc(OC)c(Br)cc2OC)C1C(=O)OCC. The van der Waals surface area contributed by atoms with E-state index >= 15 is 0 Å². The van der Waals surface area contributed by atoms with Crippen molar-refractivity contribution in [2.75, 3.05) is 20.8 Å². The lowest BCUT2D eigenvalue weighted by Gasteiger charge is -2.42. The van der Waals surface area contributed by atoms with Crippen LogP contribution >= 0.6 is 15.9 Å². The van der Waals surface area contributed by atoms with Crippen LogP contribution < -0.4 is 14.8 Å². The predicted molar refractivity (Wildman–Crippen MR) is 117 cm³/mol. The number of hydrogen-bond donors (Lipinski definition) is 1. The molecule has 0 spiro atoms. The van der Waals surface area contributed by atoms with Crippen LogP contribution in [0.5, 0.6) is 11.5 Å². The Balaban J connectivity index is 2.28. The average molecular weight is 478 g/mol. The first-order chi connectivity index (χ1) is 14.1. The van der Waals surface area contributed by atoms with E-state index in [9.17, 15) is 9.59 Å². The van der Waals surface area contributed by atoms with Gasteiger partial charge in [-0.15, -0.1) is 0 Å². The molecule has 7 heteroatoms. The first kappa shape index (κ1) is 22.4. The molecule has 162 valence electrons. The largest absolute Gasteiger partial charge is 0.496 e. The number of Topliss-reactive ketones (excluding diaryl/α,β-unsaturated/α-hetero) is 1. The highest BCUT2D eigenvalue weighted by Crippen LogP contribution is 2.51. The van der Waals surface area contributed by atoms with Crippen LogP contribution in [0.1, 0.15) is 45.1 Å². The highest BCUT2D eigenvalue weighted by molar-refractivity contribution is 9.10. The molecule has 0 radical (unpaired) electrons. The summed E-state index contributed by atoms with van der Waals surface area (Å²) >= 11 is 3.48. The van der Waals surface area contributed by atoms with Crippen LogP contribution in [0.2, 0.25) is 0 Å². The monoisotopic (exact) mass is 477 g/mol. The molecule has 2 atom stereocenters. The van der Waals surface area contributed by atoms with E-state index in [0.29, 0.717) is 41.2 Å². The molecule has 0 saturated carbocycles. The number of halogens is 1. The van der Waals surface area contributed by atoms with E-state index in [1.807, 2.05) is 6.07 Å². The number of allylic oxidation sites excluding steroid dienone is 2. The fourth-order valence-corrected chi connectivity index (χ4v) is 4.90. The van der Waals surface area contributed by atoms with Gasteiger partial charge in [0.1, 0.15) is 17.4 Å². The average Bonchev–Trinajstić information content (AvgIpc) is 2.65. The molecular formula is C23H28BrNO5. The van der Waals surface area contributed by atoms with Gasteiger partial charge in [0.2, 0.25) is 0 Å². The predicted octanol–water partition coefficient (Wildman–Crippen LogP) is 4.49. The molecule has 1 heterocycles. The zero-order chi connectivity index (χ0) is 22.2. The van der Waals surface area contributed by atoms with Gasteiger partial charge in [-0.25, -0.2) is 0 Å². The molecule has 0 saturated heterocycles. The molecule has 0 bridgehead atoms. The van der Waals surface area contributed by atoms with E-state index < -0.39 is 17.8 Å². The molecule has 1 N–H and O–H groups in total. The van der Waals surface area contributed by atoms with Gasteiger partial charge in [-0.05, 0) is 46.8 Å². The zero-order valence-electron chi connectivity index (χ0n) is 18.1. The van der Waals surface area contributed by atoms with Crippen molar-refractivity contribution in [1.82, 2.24) is 5.32 Å². The molecular weight excluding hydrogens is 450 g/mol. The molecule has 2 aliphatic rings. The lowest BCUT2D eigenvalue weighted by Crippen LogP contribution is -2.43. The van der Waals surface area contributed by atoms with Crippen molar-refractivity contribution < 1.29 is 23.8 Å². The molecule has 1 aliphatic carbocycles. The Morgan fingerprint density at radius 3 is 2.50 bits per heavy atom. The summed E-state index contributed by atoms with van der Waals surface area (Å²) in [6.07, 6.45) is 1.09. The molecule has 6 nitrogen and oxygen atoms in total. The maximum atomic E-state index is 13.3. The number of benzene rings is 1. The molecule has 1 aliphatic heterocycles. The van der Waals surface area contributed by atoms with Crippen LogP contribution in [0.15, 0.2) is 40.2 Å². The normalized spacial score (nSPS) is 22.9. The van der Waals surface area contributed by atoms with Gasteiger partial charge >= 0.3 is 5.97 Å². The molecule has 0 fully saturated rings. The second-order valence-corrected chi connectivity index (χ2v) is 9.27. The fraction of sp³-hybridized carbons (Fsp3) is 0.478. The second-order valence-electron chi connectivity index (χ2n) is 8.42. The number of methoxy groups -OCH3 is 2. The van der Waals surface area contributed by atoms with Gasteiger partial charge in [0.25, 0.3) is 0 Å². The van der Waals surface area contributed by atoms with Crippen LogP contribution in [-0.2, 0) is 14.3 Å². The van der Waals surface area contributed by atoms with Crippen LogP contribution in [0.3, 0.4) is 0 Å². The molecule has 1 aromatic carbocycles. The Kier molecular flexibility index (Phi) is 6.32. The topological polar surface area (TPSA) is 73.9 Å². The summed E-state index contributed by atoms with van der Waals surface area (Å²) in [6, 6.07) is 3.61. The highest BCUT2D eigenvalue weighted by Gasteiger charge is 2.47. The number of carbonyl (C=O) groups excluding carboxylic acids is 2. The van der Waals surface area contributed by atoms with Crippen LogP contribution in [0, 0.1) is 11.3 Å². The van der Waals surface area contributed by atoms with E-state index in [4.69, 9.17) is 14.2 Å². The van der Waals surface area contributed by atoms with Gasteiger partial charge in [0.15, 0.2) is 5.78 Å². The fourth-order valence-electron chi connectivity index (χ4n) is 4.42. The van der Waals surface area contributed by atoms with E-state index in [0.717, 1.165) is 10.2 Å². The minimum atomic E-state index is -0.756. The summed E-state index contributed by atoms with van der Waals surface area (Å²) in [4.78, 5) is 26.3. The number of nitrogens with one attached hydrogen (secondary N) is 1.